The Morgan fingerprint density at radius 2 is 1.88 bits per heavy atom. The SMILES string of the molecule is C/C=C(\CC)c1c(-c2ccccc2)ncn1CCCCNC.Cl.Cl. The van der Waals surface area contributed by atoms with Gasteiger partial charge in [0, 0.05) is 12.1 Å². The van der Waals surface area contributed by atoms with Crippen molar-refractivity contribution in [2.24, 2.45) is 0 Å². The van der Waals surface area contributed by atoms with E-state index in [9.17, 15) is 0 Å². The maximum absolute atomic E-state index is 4.71. The average molecular weight is 370 g/mol. The van der Waals surface area contributed by atoms with E-state index in [1.807, 2.05) is 19.4 Å². The van der Waals surface area contributed by atoms with Gasteiger partial charge in [-0.1, -0.05) is 43.3 Å². The molecule has 1 aromatic carbocycles. The Morgan fingerprint density at radius 3 is 2.46 bits per heavy atom. The third-order valence-corrected chi connectivity index (χ3v) is 3.99. The number of hydrogen-bond donors (Lipinski definition) is 1. The number of halogens is 2. The van der Waals surface area contributed by atoms with Crippen molar-refractivity contribution in [3.63, 3.8) is 0 Å². The van der Waals surface area contributed by atoms with Gasteiger partial charge >= 0.3 is 0 Å². The number of unbranched alkanes of at least 4 members (excludes halogenated alkanes) is 1. The number of imidazole rings is 1. The van der Waals surface area contributed by atoms with Crippen LogP contribution < -0.4 is 5.32 Å². The fraction of sp³-hybridized carbons (Fsp3) is 0.421. The standard InChI is InChI=1S/C19H27N3.2ClH/c1-4-16(5-2)19-18(17-11-7-6-8-12-17)21-15-22(19)14-10-9-13-20-3;;/h4,6-8,11-12,15,20H,5,9-10,13-14H2,1-3H3;2*1H/b16-4+;;. The highest BCUT2D eigenvalue weighted by Crippen LogP contribution is 2.29. The summed E-state index contributed by atoms with van der Waals surface area (Å²) >= 11 is 0. The van der Waals surface area contributed by atoms with E-state index in [-0.39, 0.29) is 24.8 Å². The zero-order chi connectivity index (χ0) is 15.8. The van der Waals surface area contributed by atoms with E-state index >= 15 is 0 Å². The summed E-state index contributed by atoms with van der Waals surface area (Å²) in [6, 6.07) is 10.5. The Labute approximate surface area is 158 Å². The largest absolute Gasteiger partial charge is 0.330 e. The maximum Gasteiger partial charge on any atom is 0.0959 e. The molecule has 0 bridgehead atoms. The van der Waals surface area contributed by atoms with Gasteiger partial charge in [0.1, 0.15) is 0 Å². The number of allylic oxidation sites excluding steroid dienone is 2. The van der Waals surface area contributed by atoms with Gasteiger partial charge in [0.05, 0.1) is 17.7 Å². The molecule has 1 aromatic heterocycles. The predicted octanol–water partition coefficient (Wildman–Crippen LogP) is 5.21. The third-order valence-electron chi connectivity index (χ3n) is 3.99. The minimum atomic E-state index is 0. The number of nitrogens with one attached hydrogen (secondary N) is 1. The molecule has 0 aliphatic carbocycles. The van der Waals surface area contributed by atoms with Crippen molar-refractivity contribution in [3.05, 3.63) is 48.4 Å². The highest BCUT2D eigenvalue weighted by molar-refractivity contribution is 5.85. The highest BCUT2D eigenvalue weighted by atomic mass is 35.5. The first-order valence-corrected chi connectivity index (χ1v) is 8.22. The van der Waals surface area contributed by atoms with Crippen LogP contribution in [0.15, 0.2) is 42.7 Å². The minimum absolute atomic E-state index is 0. The smallest absolute Gasteiger partial charge is 0.0959 e. The molecule has 2 rings (SSSR count). The quantitative estimate of drug-likeness (QED) is 0.647. The lowest BCUT2D eigenvalue weighted by atomic mass is 10.0. The maximum atomic E-state index is 4.71. The summed E-state index contributed by atoms with van der Waals surface area (Å²) in [4.78, 5) is 4.71. The molecule has 0 atom stereocenters. The fourth-order valence-corrected chi connectivity index (χ4v) is 2.79. The summed E-state index contributed by atoms with van der Waals surface area (Å²) in [6.07, 6.45) is 7.59. The number of hydrogen-bond acceptors (Lipinski definition) is 2. The number of aryl methyl sites for hydroxylation is 1. The first kappa shape index (κ1) is 22.7. The molecule has 0 unspecified atom stereocenters. The molecule has 2 aromatic rings. The molecule has 134 valence electrons. The Bertz CT molecular complexity index is 606. The van der Waals surface area contributed by atoms with Gasteiger partial charge in [0.15, 0.2) is 0 Å². The number of nitrogens with zero attached hydrogens (tertiary/aromatic N) is 2. The molecule has 0 aliphatic rings. The van der Waals surface area contributed by atoms with Crippen LogP contribution in [0.1, 0.15) is 38.8 Å². The van der Waals surface area contributed by atoms with Crippen molar-refractivity contribution in [3.8, 4) is 11.3 Å². The minimum Gasteiger partial charge on any atom is -0.330 e. The van der Waals surface area contributed by atoms with Crippen LogP contribution in [0.3, 0.4) is 0 Å². The first-order valence-electron chi connectivity index (χ1n) is 8.22. The van der Waals surface area contributed by atoms with Gasteiger partial charge in [0.25, 0.3) is 0 Å². The van der Waals surface area contributed by atoms with Gasteiger partial charge in [-0.3, -0.25) is 0 Å². The van der Waals surface area contributed by atoms with Gasteiger partial charge in [-0.2, -0.15) is 0 Å². The van der Waals surface area contributed by atoms with Crippen LogP contribution in [-0.2, 0) is 6.54 Å². The average Bonchev–Trinajstić information content (AvgIpc) is 2.98. The molecule has 3 nitrogen and oxygen atoms in total. The molecule has 5 heteroatoms. The Balaban J connectivity index is 0.00000264. The van der Waals surface area contributed by atoms with Crippen LogP contribution in [-0.4, -0.2) is 23.1 Å². The van der Waals surface area contributed by atoms with Gasteiger partial charge in [-0.25, -0.2) is 4.98 Å². The fourth-order valence-electron chi connectivity index (χ4n) is 2.79. The number of rotatable bonds is 8. The van der Waals surface area contributed by atoms with Gasteiger partial charge in [0.2, 0.25) is 0 Å². The number of benzene rings is 1. The lowest BCUT2D eigenvalue weighted by Gasteiger charge is -2.12. The van der Waals surface area contributed by atoms with Gasteiger partial charge in [-0.05, 0) is 45.4 Å². The van der Waals surface area contributed by atoms with E-state index in [1.165, 1.54) is 29.7 Å². The van der Waals surface area contributed by atoms with Crippen LogP contribution in [0.2, 0.25) is 0 Å². The molecule has 0 saturated carbocycles. The van der Waals surface area contributed by atoms with Crippen molar-refractivity contribution in [2.45, 2.75) is 39.7 Å². The summed E-state index contributed by atoms with van der Waals surface area (Å²) < 4.78 is 2.32. The second kappa shape index (κ2) is 12.1. The summed E-state index contributed by atoms with van der Waals surface area (Å²) in [6.45, 7) is 6.42. The lowest BCUT2D eigenvalue weighted by molar-refractivity contribution is 0.587. The highest BCUT2D eigenvalue weighted by Gasteiger charge is 2.15. The molecule has 1 N–H and O–H groups in total. The van der Waals surface area contributed by atoms with Crippen LogP contribution in [0, 0.1) is 0 Å². The van der Waals surface area contributed by atoms with Crippen molar-refractivity contribution < 1.29 is 0 Å². The summed E-state index contributed by atoms with van der Waals surface area (Å²) in [5, 5.41) is 3.21. The zero-order valence-electron chi connectivity index (χ0n) is 14.8. The lowest BCUT2D eigenvalue weighted by Crippen LogP contribution is -2.09. The van der Waals surface area contributed by atoms with E-state index in [0.717, 1.165) is 25.2 Å². The van der Waals surface area contributed by atoms with Crippen molar-refractivity contribution in [1.82, 2.24) is 14.9 Å². The topological polar surface area (TPSA) is 29.9 Å². The molecule has 0 radical (unpaired) electrons. The number of aromatic nitrogens is 2. The second-order valence-corrected chi connectivity index (χ2v) is 5.48. The Kier molecular flexibility index (Phi) is 11.5. The molecule has 24 heavy (non-hydrogen) atoms. The monoisotopic (exact) mass is 369 g/mol. The predicted molar refractivity (Wildman–Crippen MR) is 109 cm³/mol. The zero-order valence-corrected chi connectivity index (χ0v) is 16.4. The van der Waals surface area contributed by atoms with E-state index in [4.69, 9.17) is 4.98 Å². The van der Waals surface area contributed by atoms with Crippen LogP contribution in [0.4, 0.5) is 0 Å². The summed E-state index contributed by atoms with van der Waals surface area (Å²) in [5.41, 5.74) is 4.94. The van der Waals surface area contributed by atoms with Crippen LogP contribution in [0.25, 0.3) is 16.8 Å². The third kappa shape index (κ3) is 5.66. The van der Waals surface area contributed by atoms with Crippen LogP contribution >= 0.6 is 24.8 Å². The molecular weight excluding hydrogens is 341 g/mol. The van der Waals surface area contributed by atoms with E-state index in [2.05, 4.69) is 54.1 Å². The van der Waals surface area contributed by atoms with E-state index in [1.54, 1.807) is 0 Å². The van der Waals surface area contributed by atoms with E-state index < -0.39 is 0 Å². The molecule has 0 fully saturated rings. The van der Waals surface area contributed by atoms with Crippen molar-refractivity contribution in [2.75, 3.05) is 13.6 Å². The summed E-state index contributed by atoms with van der Waals surface area (Å²) in [5.74, 6) is 0. The molecule has 0 saturated heterocycles. The van der Waals surface area contributed by atoms with Crippen molar-refractivity contribution in [1.29, 1.82) is 0 Å². The molecule has 1 heterocycles. The van der Waals surface area contributed by atoms with Crippen LogP contribution in [0.5, 0.6) is 0 Å². The van der Waals surface area contributed by atoms with E-state index in [0.29, 0.717) is 0 Å². The van der Waals surface area contributed by atoms with Gasteiger partial charge in [-0.15, -0.1) is 24.8 Å². The Hall–Kier alpha value is -1.29. The Morgan fingerprint density at radius 1 is 1.17 bits per heavy atom. The molecular formula is C19H29Cl2N3. The molecule has 0 amide bonds. The van der Waals surface area contributed by atoms with Gasteiger partial charge < -0.3 is 9.88 Å². The second-order valence-electron chi connectivity index (χ2n) is 5.48. The van der Waals surface area contributed by atoms with Crippen molar-refractivity contribution >= 4 is 30.4 Å². The first-order chi connectivity index (χ1) is 10.8. The molecule has 0 aliphatic heterocycles. The molecule has 0 spiro atoms. The normalized spacial score (nSPS) is 10.9. The summed E-state index contributed by atoms with van der Waals surface area (Å²) in [7, 11) is 2.01.